The Morgan fingerprint density at radius 3 is 3.00 bits per heavy atom. The number of oxazole rings is 1. The molecule has 0 amide bonds. The first-order chi connectivity index (χ1) is 7.33. The highest BCUT2D eigenvalue weighted by Crippen LogP contribution is 2.22. The molecule has 2 heterocycles. The average molecular weight is 199 g/mol. The van der Waals surface area contributed by atoms with Gasteiger partial charge in [-0.1, -0.05) is 6.07 Å². The number of hydrogen-bond acceptors (Lipinski definition) is 3. The van der Waals surface area contributed by atoms with Gasteiger partial charge in [-0.2, -0.15) is 5.10 Å². The molecule has 1 aromatic carbocycles. The van der Waals surface area contributed by atoms with Gasteiger partial charge in [-0.3, -0.25) is 4.68 Å². The molecule has 0 saturated carbocycles. The van der Waals surface area contributed by atoms with Gasteiger partial charge >= 0.3 is 0 Å². The molecule has 0 atom stereocenters. The van der Waals surface area contributed by atoms with Crippen molar-refractivity contribution in [1.82, 2.24) is 14.8 Å². The predicted octanol–water partition coefficient (Wildman–Crippen LogP) is 2.23. The van der Waals surface area contributed by atoms with E-state index in [1.54, 1.807) is 4.68 Å². The highest BCUT2D eigenvalue weighted by Gasteiger charge is 2.03. The number of fused-ring (bicyclic) bond motifs is 1. The Hall–Kier alpha value is -2.10. The molecule has 2 aromatic heterocycles. The molecular weight excluding hydrogens is 190 g/mol. The third-order valence-electron chi connectivity index (χ3n) is 2.37. The van der Waals surface area contributed by atoms with E-state index in [0.29, 0.717) is 0 Å². The summed E-state index contributed by atoms with van der Waals surface area (Å²) in [6, 6.07) is 5.93. The smallest absolute Gasteiger partial charge is 0.181 e. The van der Waals surface area contributed by atoms with E-state index in [-0.39, 0.29) is 0 Å². The van der Waals surface area contributed by atoms with Crippen molar-refractivity contribution in [2.75, 3.05) is 0 Å². The van der Waals surface area contributed by atoms with Gasteiger partial charge in [0, 0.05) is 18.8 Å². The van der Waals surface area contributed by atoms with Crippen LogP contribution in [0.15, 0.2) is 41.4 Å². The number of aromatic nitrogens is 3. The van der Waals surface area contributed by atoms with Gasteiger partial charge < -0.3 is 4.42 Å². The van der Waals surface area contributed by atoms with Crippen LogP contribution in [-0.4, -0.2) is 14.8 Å². The maximum Gasteiger partial charge on any atom is 0.181 e. The molecule has 0 radical (unpaired) electrons. The molecule has 0 unspecified atom stereocenters. The molecule has 0 bridgehead atoms. The average Bonchev–Trinajstić information content (AvgIpc) is 2.84. The van der Waals surface area contributed by atoms with Gasteiger partial charge in [0.1, 0.15) is 5.52 Å². The van der Waals surface area contributed by atoms with Gasteiger partial charge in [-0.15, -0.1) is 0 Å². The van der Waals surface area contributed by atoms with Crippen LogP contribution in [-0.2, 0) is 7.05 Å². The first-order valence-electron chi connectivity index (χ1n) is 4.65. The summed E-state index contributed by atoms with van der Waals surface area (Å²) in [7, 11) is 1.90. The zero-order valence-electron chi connectivity index (χ0n) is 8.21. The van der Waals surface area contributed by atoms with E-state index in [0.717, 1.165) is 22.2 Å². The SMILES string of the molecule is Cn1cc(-c2ccc3ncoc3c2)cn1. The van der Waals surface area contributed by atoms with Crippen LogP contribution in [0.3, 0.4) is 0 Å². The standard InChI is InChI=1S/C11H9N3O/c1-14-6-9(5-13-14)8-2-3-10-11(4-8)15-7-12-10/h2-7H,1H3. The summed E-state index contributed by atoms with van der Waals surface area (Å²) < 4.78 is 7.03. The second-order valence-corrected chi connectivity index (χ2v) is 3.44. The number of rotatable bonds is 1. The molecule has 3 aromatic rings. The molecule has 0 aliphatic rings. The van der Waals surface area contributed by atoms with E-state index in [2.05, 4.69) is 10.1 Å². The molecule has 74 valence electrons. The molecule has 0 aliphatic carbocycles. The Balaban J connectivity index is 2.18. The quantitative estimate of drug-likeness (QED) is 0.603. The first kappa shape index (κ1) is 8.23. The van der Waals surface area contributed by atoms with E-state index in [1.165, 1.54) is 6.39 Å². The summed E-state index contributed by atoms with van der Waals surface area (Å²) in [6.07, 6.45) is 5.26. The van der Waals surface area contributed by atoms with Gasteiger partial charge in [-0.05, 0) is 17.7 Å². The van der Waals surface area contributed by atoms with Crippen LogP contribution < -0.4 is 0 Å². The number of benzene rings is 1. The topological polar surface area (TPSA) is 43.9 Å². The van der Waals surface area contributed by atoms with Gasteiger partial charge in [0.25, 0.3) is 0 Å². The second kappa shape index (κ2) is 2.95. The number of aryl methyl sites for hydroxylation is 1. The zero-order valence-corrected chi connectivity index (χ0v) is 8.21. The van der Waals surface area contributed by atoms with Crippen LogP contribution in [0.1, 0.15) is 0 Å². The number of hydrogen-bond donors (Lipinski definition) is 0. The Kier molecular flexibility index (Phi) is 1.62. The predicted molar refractivity (Wildman–Crippen MR) is 56.2 cm³/mol. The highest BCUT2D eigenvalue weighted by atomic mass is 16.3. The molecule has 0 spiro atoms. The summed E-state index contributed by atoms with van der Waals surface area (Å²) in [5.41, 5.74) is 3.85. The molecule has 0 saturated heterocycles. The summed E-state index contributed by atoms with van der Waals surface area (Å²) in [6.45, 7) is 0. The van der Waals surface area contributed by atoms with Crippen LogP contribution in [0.2, 0.25) is 0 Å². The fraction of sp³-hybridized carbons (Fsp3) is 0.0909. The van der Waals surface area contributed by atoms with Gasteiger partial charge in [0.05, 0.1) is 6.20 Å². The van der Waals surface area contributed by atoms with Crippen LogP contribution in [0.5, 0.6) is 0 Å². The summed E-state index contributed by atoms with van der Waals surface area (Å²) in [5, 5.41) is 4.13. The highest BCUT2D eigenvalue weighted by molar-refractivity contribution is 5.79. The summed E-state index contributed by atoms with van der Waals surface area (Å²) >= 11 is 0. The third kappa shape index (κ3) is 1.30. The fourth-order valence-corrected chi connectivity index (χ4v) is 1.60. The van der Waals surface area contributed by atoms with Crippen molar-refractivity contribution in [2.45, 2.75) is 0 Å². The molecule has 4 heteroatoms. The van der Waals surface area contributed by atoms with Gasteiger partial charge in [0.15, 0.2) is 12.0 Å². The Labute approximate surface area is 86.2 Å². The van der Waals surface area contributed by atoms with Gasteiger partial charge in [0.2, 0.25) is 0 Å². The minimum absolute atomic E-state index is 0.802. The van der Waals surface area contributed by atoms with Crippen LogP contribution in [0, 0.1) is 0 Å². The molecule has 0 fully saturated rings. The van der Waals surface area contributed by atoms with Crippen molar-refractivity contribution in [3.05, 3.63) is 37.0 Å². The lowest BCUT2D eigenvalue weighted by Crippen LogP contribution is -1.84. The lowest BCUT2D eigenvalue weighted by molar-refractivity contribution is 0.602. The second-order valence-electron chi connectivity index (χ2n) is 3.44. The maximum atomic E-state index is 5.25. The van der Waals surface area contributed by atoms with Crippen LogP contribution >= 0.6 is 0 Å². The maximum absolute atomic E-state index is 5.25. The van der Waals surface area contributed by atoms with Crippen LogP contribution in [0.4, 0.5) is 0 Å². The van der Waals surface area contributed by atoms with Crippen LogP contribution in [0.25, 0.3) is 22.2 Å². The van der Waals surface area contributed by atoms with Crippen molar-refractivity contribution in [3.63, 3.8) is 0 Å². The summed E-state index contributed by atoms with van der Waals surface area (Å²) in [4.78, 5) is 4.07. The van der Waals surface area contributed by atoms with Crippen molar-refractivity contribution in [2.24, 2.45) is 7.05 Å². The first-order valence-corrected chi connectivity index (χ1v) is 4.65. The lowest BCUT2D eigenvalue weighted by atomic mass is 10.1. The molecule has 0 N–H and O–H groups in total. The van der Waals surface area contributed by atoms with Crippen molar-refractivity contribution in [1.29, 1.82) is 0 Å². The Morgan fingerprint density at radius 1 is 1.27 bits per heavy atom. The molecule has 0 aliphatic heterocycles. The monoisotopic (exact) mass is 199 g/mol. The van der Waals surface area contributed by atoms with Crippen molar-refractivity contribution in [3.8, 4) is 11.1 Å². The van der Waals surface area contributed by atoms with E-state index in [1.807, 2.05) is 37.6 Å². The minimum Gasteiger partial charge on any atom is -0.443 e. The van der Waals surface area contributed by atoms with Crippen molar-refractivity contribution >= 4 is 11.1 Å². The van der Waals surface area contributed by atoms with Gasteiger partial charge in [-0.25, -0.2) is 4.98 Å². The Morgan fingerprint density at radius 2 is 2.20 bits per heavy atom. The van der Waals surface area contributed by atoms with E-state index in [4.69, 9.17) is 4.42 Å². The van der Waals surface area contributed by atoms with E-state index >= 15 is 0 Å². The normalized spacial score (nSPS) is 11.0. The Bertz CT molecular complexity index is 609. The largest absolute Gasteiger partial charge is 0.443 e. The molecule has 3 rings (SSSR count). The lowest BCUT2D eigenvalue weighted by Gasteiger charge is -1.95. The minimum atomic E-state index is 0.802. The van der Waals surface area contributed by atoms with Crippen molar-refractivity contribution < 1.29 is 4.42 Å². The zero-order chi connectivity index (χ0) is 10.3. The molecule has 15 heavy (non-hydrogen) atoms. The molecular formula is C11H9N3O. The van der Waals surface area contributed by atoms with E-state index < -0.39 is 0 Å². The molecule has 4 nitrogen and oxygen atoms in total. The summed E-state index contributed by atoms with van der Waals surface area (Å²) in [5.74, 6) is 0. The van der Waals surface area contributed by atoms with E-state index in [9.17, 15) is 0 Å². The number of nitrogens with zero attached hydrogens (tertiary/aromatic N) is 3. The third-order valence-corrected chi connectivity index (χ3v) is 2.37. The fourth-order valence-electron chi connectivity index (χ4n) is 1.60.